The van der Waals surface area contributed by atoms with Gasteiger partial charge in [-0.1, -0.05) is 6.92 Å². The first-order valence-corrected chi connectivity index (χ1v) is 5.37. The number of halogens is 5. The maximum atomic E-state index is 12.7. The van der Waals surface area contributed by atoms with Gasteiger partial charge < -0.3 is 5.32 Å². The number of nitrogens with zero attached hydrogens (tertiary/aromatic N) is 1. The second kappa shape index (κ2) is 6.08. The zero-order chi connectivity index (χ0) is 13.8. The molecular formula is C11H13F5N2. The van der Waals surface area contributed by atoms with Gasteiger partial charge in [0.25, 0.3) is 0 Å². The summed E-state index contributed by atoms with van der Waals surface area (Å²) in [7, 11) is 0. The highest BCUT2D eigenvalue weighted by molar-refractivity contribution is 5.09. The van der Waals surface area contributed by atoms with Crippen LogP contribution in [0.4, 0.5) is 22.0 Å². The molecule has 0 saturated carbocycles. The Morgan fingerprint density at radius 1 is 1.33 bits per heavy atom. The first-order chi connectivity index (χ1) is 8.36. The van der Waals surface area contributed by atoms with Gasteiger partial charge >= 0.3 is 12.3 Å². The molecule has 0 radical (unpaired) electrons. The van der Waals surface area contributed by atoms with E-state index >= 15 is 0 Å². The predicted octanol–water partition coefficient (Wildman–Crippen LogP) is 3.16. The van der Waals surface area contributed by atoms with E-state index in [9.17, 15) is 22.0 Å². The van der Waals surface area contributed by atoms with Crippen molar-refractivity contribution in [2.24, 2.45) is 0 Å². The molecule has 7 heteroatoms. The van der Waals surface area contributed by atoms with E-state index in [-0.39, 0.29) is 0 Å². The van der Waals surface area contributed by atoms with Crippen LogP contribution in [0.25, 0.3) is 0 Å². The van der Waals surface area contributed by atoms with Crippen LogP contribution < -0.4 is 5.32 Å². The van der Waals surface area contributed by atoms with E-state index in [1.54, 1.807) is 6.92 Å². The monoisotopic (exact) mass is 268 g/mol. The van der Waals surface area contributed by atoms with Crippen LogP contribution in [0.2, 0.25) is 0 Å². The number of aromatic nitrogens is 1. The largest absolute Gasteiger partial charge is 0.319 e. The Morgan fingerprint density at radius 2 is 2.00 bits per heavy atom. The van der Waals surface area contributed by atoms with Gasteiger partial charge in [-0.3, -0.25) is 4.98 Å². The van der Waals surface area contributed by atoms with E-state index in [0.29, 0.717) is 12.1 Å². The summed E-state index contributed by atoms with van der Waals surface area (Å²) in [6.45, 7) is 0.533. The van der Waals surface area contributed by atoms with E-state index in [1.807, 2.05) is 0 Å². The topological polar surface area (TPSA) is 24.9 Å². The van der Waals surface area contributed by atoms with Gasteiger partial charge in [-0.15, -0.1) is 0 Å². The van der Waals surface area contributed by atoms with E-state index < -0.39 is 30.8 Å². The first-order valence-electron chi connectivity index (χ1n) is 5.37. The Kier molecular flexibility index (Phi) is 5.01. The van der Waals surface area contributed by atoms with Crippen LogP contribution in [-0.4, -0.2) is 23.9 Å². The number of pyridine rings is 1. The molecule has 0 aromatic carbocycles. The Bertz CT molecular complexity index is 366. The van der Waals surface area contributed by atoms with Crippen LogP contribution in [0.15, 0.2) is 18.3 Å². The predicted molar refractivity (Wildman–Crippen MR) is 56.2 cm³/mol. The lowest BCUT2D eigenvalue weighted by Gasteiger charge is -2.21. The summed E-state index contributed by atoms with van der Waals surface area (Å²) in [6, 6.07) is 1.85. The van der Waals surface area contributed by atoms with E-state index in [1.165, 1.54) is 6.07 Å². The lowest BCUT2D eigenvalue weighted by atomic mass is 10.1. The highest BCUT2D eigenvalue weighted by Crippen LogP contribution is 2.23. The number of hydrogen-bond donors (Lipinski definition) is 1. The van der Waals surface area contributed by atoms with Crippen molar-refractivity contribution in [1.82, 2.24) is 10.3 Å². The molecule has 0 aliphatic rings. The lowest BCUT2D eigenvalue weighted by molar-refractivity contribution is -0.126. The number of alkyl halides is 4. The van der Waals surface area contributed by atoms with Crippen molar-refractivity contribution in [3.8, 4) is 0 Å². The molecule has 0 amide bonds. The van der Waals surface area contributed by atoms with Crippen LogP contribution in [-0.2, 0) is 0 Å². The zero-order valence-electron chi connectivity index (χ0n) is 9.64. The molecular weight excluding hydrogens is 255 g/mol. The fourth-order valence-corrected chi connectivity index (χ4v) is 1.39. The third-order valence-electron chi connectivity index (χ3n) is 2.42. The van der Waals surface area contributed by atoms with Crippen molar-refractivity contribution >= 4 is 0 Å². The molecule has 0 aliphatic heterocycles. The third-order valence-corrected chi connectivity index (χ3v) is 2.42. The summed E-state index contributed by atoms with van der Waals surface area (Å²) in [4.78, 5) is 3.73. The molecule has 102 valence electrons. The number of rotatable bonds is 6. The van der Waals surface area contributed by atoms with E-state index in [4.69, 9.17) is 0 Å². The fraction of sp³-hybridized carbons (Fsp3) is 0.545. The van der Waals surface area contributed by atoms with Crippen molar-refractivity contribution in [2.75, 3.05) is 6.54 Å². The first kappa shape index (κ1) is 14.8. The van der Waals surface area contributed by atoms with Crippen molar-refractivity contribution < 1.29 is 22.0 Å². The van der Waals surface area contributed by atoms with E-state index in [2.05, 4.69) is 10.3 Å². The summed E-state index contributed by atoms with van der Waals surface area (Å²) in [5.74, 6) is -4.64. The molecule has 1 N–H and O–H groups in total. The van der Waals surface area contributed by atoms with Crippen LogP contribution >= 0.6 is 0 Å². The van der Waals surface area contributed by atoms with Gasteiger partial charge in [0.05, 0.1) is 18.4 Å². The second-order valence-electron chi connectivity index (χ2n) is 3.80. The molecule has 1 aromatic rings. The molecule has 0 spiro atoms. The van der Waals surface area contributed by atoms with Crippen molar-refractivity contribution in [3.05, 3.63) is 29.8 Å². The van der Waals surface area contributed by atoms with Crippen molar-refractivity contribution in [1.29, 1.82) is 0 Å². The number of nitrogens with one attached hydrogen (secondary N) is 1. The summed E-state index contributed by atoms with van der Waals surface area (Å²) in [5, 5.41) is 2.31. The summed E-state index contributed by atoms with van der Waals surface area (Å²) >= 11 is 0. The maximum absolute atomic E-state index is 12.7. The van der Waals surface area contributed by atoms with Gasteiger partial charge in [-0.05, 0) is 18.6 Å². The lowest BCUT2D eigenvalue weighted by Crippen LogP contribution is -2.40. The standard InChI is InChI=1S/C11H13F5N2/c1-2-8(9-4-3-7(12)5-17-9)18-6-11(15,16)10(13)14/h3-5,8,10,18H,2,6H2,1H3. The average molecular weight is 268 g/mol. The van der Waals surface area contributed by atoms with Gasteiger partial charge in [0, 0.05) is 6.04 Å². The average Bonchev–Trinajstić information content (AvgIpc) is 2.31. The quantitative estimate of drug-likeness (QED) is 0.802. The molecule has 1 heterocycles. The molecule has 1 rings (SSSR count). The van der Waals surface area contributed by atoms with E-state index in [0.717, 1.165) is 12.3 Å². The Balaban J connectivity index is 2.66. The van der Waals surface area contributed by atoms with Crippen LogP contribution in [0, 0.1) is 5.82 Å². The Labute approximate surface area is 101 Å². The molecule has 18 heavy (non-hydrogen) atoms. The van der Waals surface area contributed by atoms with Crippen LogP contribution in [0.5, 0.6) is 0 Å². The second-order valence-corrected chi connectivity index (χ2v) is 3.80. The fourth-order valence-electron chi connectivity index (χ4n) is 1.39. The summed E-state index contributed by atoms with van der Waals surface area (Å²) in [6.07, 6.45) is -2.40. The van der Waals surface area contributed by atoms with Crippen molar-refractivity contribution in [3.63, 3.8) is 0 Å². The molecule has 1 unspecified atom stereocenters. The van der Waals surface area contributed by atoms with Gasteiger partial charge in [0.2, 0.25) is 0 Å². The zero-order valence-corrected chi connectivity index (χ0v) is 9.64. The normalized spacial score (nSPS) is 13.9. The Morgan fingerprint density at radius 3 is 2.44 bits per heavy atom. The Hall–Kier alpha value is -1.24. The summed E-state index contributed by atoms with van der Waals surface area (Å²) in [5.41, 5.74) is 0.337. The van der Waals surface area contributed by atoms with Crippen molar-refractivity contribution in [2.45, 2.75) is 31.7 Å². The van der Waals surface area contributed by atoms with Crippen LogP contribution in [0.3, 0.4) is 0 Å². The third kappa shape index (κ3) is 3.90. The molecule has 1 atom stereocenters. The summed E-state index contributed by atoms with van der Waals surface area (Å²) < 4.78 is 62.0. The molecule has 2 nitrogen and oxygen atoms in total. The highest BCUT2D eigenvalue weighted by Gasteiger charge is 2.40. The minimum Gasteiger partial charge on any atom is -0.303 e. The smallest absolute Gasteiger partial charge is 0.303 e. The van der Waals surface area contributed by atoms with Gasteiger partial charge in [0.1, 0.15) is 5.82 Å². The minimum absolute atomic E-state index is 0.337. The minimum atomic E-state index is -4.09. The van der Waals surface area contributed by atoms with Gasteiger partial charge in [-0.25, -0.2) is 13.2 Å². The SMILES string of the molecule is CCC(NCC(F)(F)C(F)F)c1ccc(F)cn1. The molecule has 0 saturated heterocycles. The number of hydrogen-bond acceptors (Lipinski definition) is 2. The van der Waals surface area contributed by atoms with Gasteiger partial charge in [0.15, 0.2) is 0 Å². The highest BCUT2D eigenvalue weighted by atomic mass is 19.3. The molecule has 0 bridgehead atoms. The maximum Gasteiger partial charge on any atom is 0.319 e. The van der Waals surface area contributed by atoms with Gasteiger partial charge in [-0.2, -0.15) is 8.78 Å². The van der Waals surface area contributed by atoms with Crippen LogP contribution in [0.1, 0.15) is 25.1 Å². The molecule has 1 aromatic heterocycles. The molecule has 0 aliphatic carbocycles. The molecule has 0 fully saturated rings.